The van der Waals surface area contributed by atoms with Gasteiger partial charge in [0, 0.05) is 18.3 Å². The van der Waals surface area contributed by atoms with Crippen molar-refractivity contribution >= 4 is 23.0 Å². The minimum absolute atomic E-state index is 0.0460. The van der Waals surface area contributed by atoms with Crippen LogP contribution in [0.25, 0.3) is 0 Å². The predicted octanol–water partition coefficient (Wildman–Crippen LogP) is 1.86. The lowest BCUT2D eigenvalue weighted by atomic mass is 10.0. The third kappa shape index (κ3) is 2.94. The highest BCUT2D eigenvalue weighted by molar-refractivity contribution is 5.95. The molecule has 0 aliphatic carbocycles. The minimum atomic E-state index is 0.0460. The molecule has 0 saturated heterocycles. The van der Waals surface area contributed by atoms with Crippen LogP contribution in [0.2, 0.25) is 0 Å². The summed E-state index contributed by atoms with van der Waals surface area (Å²) in [5.41, 5.74) is 10.3. The third-order valence-electron chi connectivity index (χ3n) is 3.46. The summed E-state index contributed by atoms with van der Waals surface area (Å²) in [7, 11) is 0. The summed E-state index contributed by atoms with van der Waals surface area (Å²) >= 11 is 0. The van der Waals surface area contributed by atoms with Crippen LogP contribution in [0.1, 0.15) is 23.5 Å². The second-order valence-corrected chi connectivity index (χ2v) is 5.09. The molecule has 1 aromatic heterocycles. The Morgan fingerprint density at radius 2 is 2.24 bits per heavy atom. The number of nitrogen functional groups attached to an aromatic ring is 1. The largest absolute Gasteiger partial charge is 0.397 e. The van der Waals surface area contributed by atoms with Crippen molar-refractivity contribution in [2.45, 2.75) is 26.3 Å². The van der Waals surface area contributed by atoms with Gasteiger partial charge in [-0.25, -0.2) is 9.97 Å². The minimum Gasteiger partial charge on any atom is -0.397 e. The van der Waals surface area contributed by atoms with Gasteiger partial charge in [0.25, 0.3) is 0 Å². The van der Waals surface area contributed by atoms with E-state index in [-0.39, 0.29) is 5.91 Å². The zero-order valence-electron chi connectivity index (χ0n) is 11.8. The molecule has 0 unspecified atom stereocenters. The van der Waals surface area contributed by atoms with E-state index in [9.17, 15) is 4.79 Å². The zero-order valence-corrected chi connectivity index (χ0v) is 11.8. The molecule has 6 nitrogen and oxygen atoms in total. The Bertz CT molecular complexity index is 698. The third-order valence-corrected chi connectivity index (χ3v) is 3.46. The summed E-state index contributed by atoms with van der Waals surface area (Å²) in [6, 6.07) is 5.66. The molecule has 1 aliphatic rings. The Morgan fingerprint density at radius 1 is 1.38 bits per heavy atom. The van der Waals surface area contributed by atoms with Crippen molar-refractivity contribution in [2.24, 2.45) is 0 Å². The number of anilines is 3. The Kier molecular flexibility index (Phi) is 3.43. The van der Waals surface area contributed by atoms with E-state index in [1.807, 2.05) is 25.1 Å². The van der Waals surface area contributed by atoms with Crippen LogP contribution in [0.3, 0.4) is 0 Å². The lowest BCUT2D eigenvalue weighted by Gasteiger charge is -2.19. The van der Waals surface area contributed by atoms with Gasteiger partial charge in [-0.2, -0.15) is 0 Å². The summed E-state index contributed by atoms with van der Waals surface area (Å²) < 4.78 is 0. The van der Waals surface area contributed by atoms with Gasteiger partial charge < -0.3 is 16.4 Å². The highest BCUT2D eigenvalue weighted by atomic mass is 16.1. The standard InChI is InChI=1S/C15H17N5O/c1-9-17-5-4-11(19-9)8-18-14-7-13-10(6-12(14)16)2-3-15(21)20-13/h4-7,18H,2-3,8,16H2,1H3,(H,20,21). The van der Waals surface area contributed by atoms with E-state index >= 15 is 0 Å². The quantitative estimate of drug-likeness (QED) is 0.748. The molecule has 2 aromatic rings. The van der Waals surface area contributed by atoms with Crippen LogP contribution in [-0.4, -0.2) is 15.9 Å². The summed E-state index contributed by atoms with van der Waals surface area (Å²) in [5, 5.41) is 6.13. The first-order valence-electron chi connectivity index (χ1n) is 6.86. The molecule has 0 spiro atoms. The maximum atomic E-state index is 11.5. The van der Waals surface area contributed by atoms with Crippen LogP contribution in [-0.2, 0) is 17.8 Å². The Morgan fingerprint density at radius 3 is 3.05 bits per heavy atom. The number of nitrogens with one attached hydrogen (secondary N) is 2. The number of rotatable bonds is 3. The molecule has 0 fully saturated rings. The van der Waals surface area contributed by atoms with E-state index in [4.69, 9.17) is 5.73 Å². The number of hydrogen-bond acceptors (Lipinski definition) is 5. The smallest absolute Gasteiger partial charge is 0.224 e. The Hall–Kier alpha value is -2.63. The summed E-state index contributed by atoms with van der Waals surface area (Å²) in [5.74, 6) is 0.782. The summed E-state index contributed by atoms with van der Waals surface area (Å²) in [4.78, 5) is 19.9. The fourth-order valence-corrected chi connectivity index (χ4v) is 2.39. The topological polar surface area (TPSA) is 92.9 Å². The molecule has 3 rings (SSSR count). The van der Waals surface area contributed by atoms with Crippen molar-refractivity contribution in [1.29, 1.82) is 0 Å². The van der Waals surface area contributed by atoms with Crippen LogP contribution in [0, 0.1) is 6.92 Å². The monoisotopic (exact) mass is 283 g/mol. The molecule has 0 atom stereocenters. The molecule has 0 radical (unpaired) electrons. The van der Waals surface area contributed by atoms with Crippen molar-refractivity contribution in [3.05, 3.63) is 41.5 Å². The van der Waals surface area contributed by atoms with Gasteiger partial charge in [0.2, 0.25) is 5.91 Å². The number of nitrogens with two attached hydrogens (primary N) is 1. The first-order chi connectivity index (χ1) is 10.1. The molecular weight excluding hydrogens is 266 g/mol. The number of hydrogen-bond donors (Lipinski definition) is 3. The Labute approximate surface area is 122 Å². The van der Waals surface area contributed by atoms with Crippen molar-refractivity contribution < 1.29 is 4.79 Å². The maximum absolute atomic E-state index is 11.5. The summed E-state index contributed by atoms with van der Waals surface area (Å²) in [6.45, 7) is 2.41. The molecule has 6 heteroatoms. The van der Waals surface area contributed by atoms with E-state index in [2.05, 4.69) is 20.6 Å². The molecular formula is C15H17N5O. The van der Waals surface area contributed by atoms with Crippen molar-refractivity contribution in [2.75, 3.05) is 16.4 Å². The number of aryl methyl sites for hydroxylation is 2. The lowest BCUT2D eigenvalue weighted by Crippen LogP contribution is -2.19. The average Bonchev–Trinajstić information content (AvgIpc) is 2.45. The van der Waals surface area contributed by atoms with Crippen molar-refractivity contribution in [1.82, 2.24) is 9.97 Å². The fraction of sp³-hybridized carbons (Fsp3) is 0.267. The van der Waals surface area contributed by atoms with Crippen LogP contribution in [0.5, 0.6) is 0 Å². The molecule has 0 saturated carbocycles. The van der Waals surface area contributed by atoms with E-state index in [0.717, 1.165) is 34.9 Å². The first kappa shape index (κ1) is 13.4. The van der Waals surface area contributed by atoms with Gasteiger partial charge in [-0.05, 0) is 37.1 Å². The number of carbonyl (C=O) groups excluding carboxylic acids is 1. The number of benzene rings is 1. The van der Waals surface area contributed by atoms with Gasteiger partial charge in [-0.3, -0.25) is 4.79 Å². The number of nitrogens with zero attached hydrogens (tertiary/aromatic N) is 2. The van der Waals surface area contributed by atoms with Gasteiger partial charge in [0.15, 0.2) is 0 Å². The van der Waals surface area contributed by atoms with Crippen LogP contribution >= 0.6 is 0 Å². The molecule has 108 valence electrons. The first-order valence-corrected chi connectivity index (χ1v) is 6.86. The number of aromatic nitrogens is 2. The highest BCUT2D eigenvalue weighted by Gasteiger charge is 2.16. The molecule has 1 amide bonds. The predicted molar refractivity (Wildman–Crippen MR) is 81.9 cm³/mol. The lowest BCUT2D eigenvalue weighted by molar-refractivity contribution is -0.116. The Balaban J connectivity index is 1.79. The normalized spacial score (nSPS) is 13.5. The van der Waals surface area contributed by atoms with Crippen molar-refractivity contribution in [3.8, 4) is 0 Å². The van der Waals surface area contributed by atoms with E-state index in [1.165, 1.54) is 0 Å². The molecule has 1 aromatic carbocycles. The average molecular weight is 283 g/mol. The second-order valence-electron chi connectivity index (χ2n) is 5.09. The molecule has 2 heterocycles. The zero-order chi connectivity index (χ0) is 14.8. The number of carbonyl (C=O) groups is 1. The highest BCUT2D eigenvalue weighted by Crippen LogP contribution is 2.31. The number of fused-ring (bicyclic) bond motifs is 1. The van der Waals surface area contributed by atoms with Gasteiger partial charge in [-0.15, -0.1) is 0 Å². The van der Waals surface area contributed by atoms with Crippen LogP contribution in [0.15, 0.2) is 24.4 Å². The van der Waals surface area contributed by atoms with Gasteiger partial charge in [0.1, 0.15) is 5.82 Å². The van der Waals surface area contributed by atoms with Crippen molar-refractivity contribution in [3.63, 3.8) is 0 Å². The SMILES string of the molecule is Cc1nccc(CNc2cc3c(cc2N)CCC(=O)N3)n1. The van der Waals surface area contributed by atoms with E-state index in [0.29, 0.717) is 18.7 Å². The van der Waals surface area contributed by atoms with Crippen LogP contribution in [0.4, 0.5) is 17.1 Å². The number of amides is 1. The molecule has 0 bridgehead atoms. The van der Waals surface area contributed by atoms with Gasteiger partial charge in [-0.1, -0.05) is 0 Å². The van der Waals surface area contributed by atoms with E-state index in [1.54, 1.807) is 6.20 Å². The van der Waals surface area contributed by atoms with Gasteiger partial charge >= 0.3 is 0 Å². The maximum Gasteiger partial charge on any atom is 0.224 e. The summed E-state index contributed by atoms with van der Waals surface area (Å²) in [6.07, 6.45) is 2.98. The second kappa shape index (κ2) is 5.40. The molecule has 21 heavy (non-hydrogen) atoms. The van der Waals surface area contributed by atoms with Crippen LogP contribution < -0.4 is 16.4 Å². The fourth-order valence-electron chi connectivity index (χ4n) is 2.39. The molecule has 4 N–H and O–H groups in total. The van der Waals surface area contributed by atoms with E-state index < -0.39 is 0 Å². The van der Waals surface area contributed by atoms with Gasteiger partial charge in [0.05, 0.1) is 23.6 Å². The molecule has 1 aliphatic heterocycles.